The average molecular weight is 442 g/mol. The summed E-state index contributed by atoms with van der Waals surface area (Å²) < 4.78 is 8.12. The number of rotatable bonds is 11. The van der Waals surface area contributed by atoms with Crippen molar-refractivity contribution in [2.45, 2.75) is 45.7 Å². The molecule has 0 unspecified atom stereocenters. The van der Waals surface area contributed by atoms with E-state index >= 15 is 0 Å². The van der Waals surface area contributed by atoms with Gasteiger partial charge in [0.25, 0.3) is 0 Å². The third-order valence-corrected chi connectivity index (χ3v) is 5.79. The Kier molecular flexibility index (Phi) is 7.75. The highest BCUT2D eigenvalue weighted by atomic mass is 16.5. The summed E-state index contributed by atoms with van der Waals surface area (Å²) in [7, 11) is 0. The molecule has 33 heavy (non-hydrogen) atoms. The summed E-state index contributed by atoms with van der Waals surface area (Å²) in [6.45, 7) is 3.97. The van der Waals surface area contributed by atoms with E-state index < -0.39 is 0 Å². The number of amides is 1. The first kappa shape index (κ1) is 22.6. The molecule has 3 aromatic carbocycles. The van der Waals surface area contributed by atoms with Crippen LogP contribution in [-0.2, 0) is 30.7 Å². The Balaban J connectivity index is 1.33. The molecule has 0 aliphatic rings. The van der Waals surface area contributed by atoms with E-state index in [0.29, 0.717) is 19.6 Å². The van der Waals surface area contributed by atoms with Crippen LogP contribution < -0.4 is 10.1 Å². The summed E-state index contributed by atoms with van der Waals surface area (Å²) in [5.41, 5.74) is 4.51. The topological polar surface area (TPSA) is 56.1 Å². The molecule has 5 heteroatoms. The van der Waals surface area contributed by atoms with E-state index in [2.05, 4.69) is 35.0 Å². The Morgan fingerprint density at radius 2 is 1.70 bits per heavy atom. The molecule has 0 fully saturated rings. The number of benzene rings is 3. The molecule has 1 aromatic heterocycles. The molecule has 0 spiro atoms. The van der Waals surface area contributed by atoms with Crippen molar-refractivity contribution in [3.63, 3.8) is 0 Å². The molecule has 5 nitrogen and oxygen atoms in total. The minimum atomic E-state index is 0.0383. The summed E-state index contributed by atoms with van der Waals surface area (Å²) in [5.74, 6) is 1.81. The van der Waals surface area contributed by atoms with Gasteiger partial charge in [-0.15, -0.1) is 0 Å². The quantitative estimate of drug-likeness (QED) is 0.321. The highest BCUT2D eigenvalue weighted by molar-refractivity contribution is 5.77. The second-order valence-corrected chi connectivity index (χ2v) is 8.13. The van der Waals surface area contributed by atoms with Crippen molar-refractivity contribution in [1.29, 1.82) is 0 Å². The molecule has 0 aliphatic carbocycles. The van der Waals surface area contributed by atoms with E-state index in [1.165, 1.54) is 11.1 Å². The number of carbonyl (C=O) groups excluding carboxylic acids is 1. The molecule has 170 valence electrons. The Morgan fingerprint density at radius 3 is 2.48 bits per heavy atom. The summed E-state index contributed by atoms with van der Waals surface area (Å²) >= 11 is 0. The first-order valence-corrected chi connectivity index (χ1v) is 11.7. The average Bonchev–Trinajstić information content (AvgIpc) is 3.22. The lowest BCUT2D eigenvalue weighted by Gasteiger charge is -2.11. The molecule has 0 atom stereocenters. The number of ether oxygens (including phenoxy) is 1. The lowest BCUT2D eigenvalue weighted by molar-refractivity contribution is -0.121. The second-order valence-electron chi connectivity index (χ2n) is 8.13. The van der Waals surface area contributed by atoms with Gasteiger partial charge >= 0.3 is 0 Å². The van der Waals surface area contributed by atoms with Gasteiger partial charge in [-0.25, -0.2) is 4.98 Å². The van der Waals surface area contributed by atoms with Crippen molar-refractivity contribution < 1.29 is 9.53 Å². The highest BCUT2D eigenvalue weighted by Gasteiger charge is 2.12. The molecule has 0 bridgehead atoms. The minimum Gasteiger partial charge on any atom is -0.494 e. The van der Waals surface area contributed by atoms with Gasteiger partial charge in [0.15, 0.2) is 0 Å². The predicted molar refractivity (Wildman–Crippen MR) is 132 cm³/mol. The molecule has 0 saturated heterocycles. The van der Waals surface area contributed by atoms with Crippen molar-refractivity contribution in [3.05, 3.63) is 95.8 Å². The number of hydrogen-bond acceptors (Lipinski definition) is 3. The van der Waals surface area contributed by atoms with Gasteiger partial charge in [-0.3, -0.25) is 4.79 Å². The Hall–Kier alpha value is -3.60. The van der Waals surface area contributed by atoms with Gasteiger partial charge in [0, 0.05) is 13.0 Å². The molecule has 4 aromatic rings. The number of fused-ring (bicyclic) bond motifs is 1. The van der Waals surface area contributed by atoms with Gasteiger partial charge in [0.05, 0.1) is 24.2 Å². The van der Waals surface area contributed by atoms with E-state index in [4.69, 9.17) is 9.72 Å². The largest absolute Gasteiger partial charge is 0.494 e. The van der Waals surface area contributed by atoms with E-state index in [9.17, 15) is 4.79 Å². The number of carbonyl (C=O) groups is 1. The van der Waals surface area contributed by atoms with Gasteiger partial charge in [0.1, 0.15) is 11.6 Å². The second kappa shape index (κ2) is 11.3. The number of nitrogens with one attached hydrogen (secondary N) is 1. The molecule has 0 aliphatic heterocycles. The molecular formula is C28H31N3O2. The fraction of sp³-hybridized carbons (Fsp3) is 0.286. The first-order chi connectivity index (χ1) is 16.2. The van der Waals surface area contributed by atoms with Crippen LogP contribution >= 0.6 is 0 Å². The number of aromatic nitrogens is 2. The smallest absolute Gasteiger partial charge is 0.220 e. The summed E-state index contributed by atoms with van der Waals surface area (Å²) in [4.78, 5) is 17.2. The van der Waals surface area contributed by atoms with Crippen LogP contribution in [-0.4, -0.2) is 22.1 Å². The maximum absolute atomic E-state index is 12.4. The molecule has 4 rings (SSSR count). The third kappa shape index (κ3) is 6.22. The van der Waals surface area contributed by atoms with Crippen LogP contribution in [0.4, 0.5) is 0 Å². The van der Waals surface area contributed by atoms with Gasteiger partial charge in [-0.05, 0) is 54.7 Å². The number of nitrogens with zero attached hydrogens (tertiary/aromatic N) is 2. The zero-order valence-electron chi connectivity index (χ0n) is 19.2. The van der Waals surface area contributed by atoms with Crippen LogP contribution in [0.1, 0.15) is 36.7 Å². The third-order valence-electron chi connectivity index (χ3n) is 5.79. The first-order valence-electron chi connectivity index (χ1n) is 11.7. The van der Waals surface area contributed by atoms with Crippen LogP contribution in [0.5, 0.6) is 5.75 Å². The zero-order chi connectivity index (χ0) is 22.9. The van der Waals surface area contributed by atoms with Crippen LogP contribution in [0.15, 0.2) is 78.9 Å². The predicted octanol–water partition coefficient (Wildman–Crippen LogP) is 5.32. The number of hydrogen-bond donors (Lipinski definition) is 1. The van der Waals surface area contributed by atoms with E-state index in [1.807, 2.05) is 60.7 Å². The lowest BCUT2D eigenvalue weighted by atomic mass is 10.1. The van der Waals surface area contributed by atoms with Crippen molar-refractivity contribution in [2.24, 2.45) is 0 Å². The van der Waals surface area contributed by atoms with Crippen molar-refractivity contribution >= 4 is 16.9 Å². The summed E-state index contributed by atoms with van der Waals surface area (Å²) in [5, 5.41) is 3.04. The molecule has 1 N–H and O–H groups in total. The molecular weight excluding hydrogens is 410 g/mol. The van der Waals surface area contributed by atoms with Gasteiger partial charge in [-0.1, -0.05) is 61.5 Å². The monoisotopic (exact) mass is 441 g/mol. The van der Waals surface area contributed by atoms with Gasteiger partial charge in [0.2, 0.25) is 5.91 Å². The van der Waals surface area contributed by atoms with E-state index in [0.717, 1.165) is 48.4 Å². The van der Waals surface area contributed by atoms with E-state index in [1.54, 1.807) is 0 Å². The number of aryl methyl sites for hydroxylation is 3. The Labute approximate surface area is 195 Å². The summed E-state index contributed by atoms with van der Waals surface area (Å²) in [6.07, 6.45) is 3.08. The van der Waals surface area contributed by atoms with Crippen molar-refractivity contribution in [2.75, 3.05) is 6.61 Å². The maximum Gasteiger partial charge on any atom is 0.220 e. The van der Waals surface area contributed by atoms with Gasteiger partial charge in [-0.2, -0.15) is 0 Å². The molecule has 1 heterocycles. The summed E-state index contributed by atoms with van der Waals surface area (Å²) in [6, 6.07) is 26.5. The zero-order valence-corrected chi connectivity index (χ0v) is 19.2. The standard InChI is InChI=1S/C28H31N3O2/c1-2-22-13-16-24(17-14-22)33-20-8-19-31-26-12-7-6-11-25(26)30-27(31)21-29-28(32)18-15-23-9-4-3-5-10-23/h3-7,9-14,16-17H,2,8,15,18-21H2,1H3,(H,29,32). The molecule has 0 saturated carbocycles. The maximum atomic E-state index is 12.4. The minimum absolute atomic E-state index is 0.0383. The van der Waals surface area contributed by atoms with Crippen LogP contribution in [0.25, 0.3) is 11.0 Å². The molecule has 1 amide bonds. The van der Waals surface area contributed by atoms with Crippen LogP contribution in [0.2, 0.25) is 0 Å². The normalized spacial score (nSPS) is 10.9. The van der Waals surface area contributed by atoms with Crippen molar-refractivity contribution in [1.82, 2.24) is 14.9 Å². The van der Waals surface area contributed by atoms with Crippen LogP contribution in [0.3, 0.4) is 0 Å². The lowest BCUT2D eigenvalue weighted by Crippen LogP contribution is -2.25. The Bertz CT molecular complexity index is 1170. The number of imidazole rings is 1. The van der Waals surface area contributed by atoms with Crippen molar-refractivity contribution in [3.8, 4) is 5.75 Å². The fourth-order valence-electron chi connectivity index (χ4n) is 3.91. The van der Waals surface area contributed by atoms with Crippen LogP contribution in [0, 0.1) is 0 Å². The fourth-order valence-corrected chi connectivity index (χ4v) is 3.91. The van der Waals surface area contributed by atoms with Gasteiger partial charge < -0.3 is 14.6 Å². The highest BCUT2D eigenvalue weighted by Crippen LogP contribution is 2.18. The molecule has 0 radical (unpaired) electrons. The SMILES string of the molecule is CCc1ccc(OCCCn2c(CNC(=O)CCc3ccccc3)nc3ccccc32)cc1. The Morgan fingerprint density at radius 1 is 0.939 bits per heavy atom. The van der Waals surface area contributed by atoms with E-state index in [-0.39, 0.29) is 5.91 Å². The number of para-hydroxylation sites is 2.